The summed E-state index contributed by atoms with van der Waals surface area (Å²) in [6.07, 6.45) is 1.63. The van der Waals surface area contributed by atoms with Gasteiger partial charge in [-0.2, -0.15) is 0 Å². The quantitative estimate of drug-likeness (QED) is 0.908. The van der Waals surface area contributed by atoms with E-state index in [1.165, 1.54) is 0 Å². The van der Waals surface area contributed by atoms with Crippen LogP contribution in [0.1, 0.15) is 27.2 Å². The Hall–Kier alpha value is -1.68. The minimum absolute atomic E-state index is 0.174. The molecule has 0 aliphatic heterocycles. The van der Waals surface area contributed by atoms with Gasteiger partial charge in [-0.3, -0.25) is 9.78 Å². The molecule has 1 heterocycles. The van der Waals surface area contributed by atoms with Crippen LogP contribution in [-0.4, -0.2) is 10.9 Å². The Bertz CT molecular complexity index is 615. The van der Waals surface area contributed by atoms with E-state index in [1.807, 2.05) is 45.0 Å². The van der Waals surface area contributed by atoms with Gasteiger partial charge in [-0.05, 0) is 55.7 Å². The van der Waals surface area contributed by atoms with Gasteiger partial charge in [-0.25, -0.2) is 0 Å². The third-order valence-electron chi connectivity index (χ3n) is 2.96. The molecule has 0 aliphatic rings. The van der Waals surface area contributed by atoms with Crippen molar-refractivity contribution in [1.29, 1.82) is 0 Å². The molecule has 1 aromatic heterocycles. The predicted molar refractivity (Wildman–Crippen MR) is 80.5 cm³/mol. The molecule has 98 valence electrons. The van der Waals surface area contributed by atoms with E-state index in [1.54, 1.807) is 6.20 Å². The van der Waals surface area contributed by atoms with Gasteiger partial charge in [0.1, 0.15) is 5.69 Å². The molecule has 0 aliphatic carbocycles. The number of halogens is 1. The van der Waals surface area contributed by atoms with Gasteiger partial charge in [0.15, 0.2) is 0 Å². The summed E-state index contributed by atoms with van der Waals surface area (Å²) in [6, 6.07) is 7.66. The van der Waals surface area contributed by atoms with Gasteiger partial charge in [-0.1, -0.05) is 22.0 Å². The molecule has 3 nitrogen and oxygen atoms in total. The summed E-state index contributed by atoms with van der Waals surface area (Å²) >= 11 is 3.44. The van der Waals surface area contributed by atoms with Crippen molar-refractivity contribution in [2.24, 2.45) is 0 Å². The van der Waals surface area contributed by atoms with Crippen molar-refractivity contribution in [3.8, 4) is 0 Å². The van der Waals surface area contributed by atoms with Crippen molar-refractivity contribution in [2.45, 2.75) is 20.8 Å². The van der Waals surface area contributed by atoms with E-state index < -0.39 is 0 Å². The Morgan fingerprint density at radius 1 is 1.16 bits per heavy atom. The monoisotopic (exact) mass is 318 g/mol. The zero-order valence-corrected chi connectivity index (χ0v) is 12.7. The lowest BCUT2D eigenvalue weighted by atomic mass is 10.1. The van der Waals surface area contributed by atoms with E-state index in [0.717, 1.165) is 26.9 Å². The molecular weight excluding hydrogens is 304 g/mol. The number of carbonyl (C=O) groups excluding carboxylic acids is 1. The highest BCUT2D eigenvalue weighted by Crippen LogP contribution is 2.25. The highest BCUT2D eigenvalue weighted by Gasteiger charge is 2.13. The van der Waals surface area contributed by atoms with E-state index in [0.29, 0.717) is 5.69 Å². The van der Waals surface area contributed by atoms with E-state index >= 15 is 0 Å². The standard InChI is InChI=1S/C15H15BrN2O/c1-9-5-4-6-17-14(9)15(19)18-13-10(2)7-12(16)8-11(13)3/h4-8H,1-3H3,(H,18,19). The minimum atomic E-state index is -0.174. The summed E-state index contributed by atoms with van der Waals surface area (Å²) < 4.78 is 1.01. The van der Waals surface area contributed by atoms with Crippen LogP contribution < -0.4 is 5.32 Å². The van der Waals surface area contributed by atoms with E-state index in [9.17, 15) is 4.79 Å². The van der Waals surface area contributed by atoms with E-state index in [-0.39, 0.29) is 5.91 Å². The minimum Gasteiger partial charge on any atom is -0.320 e. The number of aryl methyl sites for hydroxylation is 3. The Morgan fingerprint density at radius 2 is 1.79 bits per heavy atom. The second-order valence-electron chi connectivity index (χ2n) is 4.54. The average Bonchev–Trinajstić information content (AvgIpc) is 2.34. The lowest BCUT2D eigenvalue weighted by Gasteiger charge is -2.12. The first-order valence-corrected chi connectivity index (χ1v) is 6.78. The third kappa shape index (κ3) is 3.01. The lowest BCUT2D eigenvalue weighted by Crippen LogP contribution is -2.16. The molecule has 0 radical (unpaired) electrons. The van der Waals surface area contributed by atoms with Crippen molar-refractivity contribution in [1.82, 2.24) is 4.98 Å². The van der Waals surface area contributed by atoms with Gasteiger partial charge < -0.3 is 5.32 Å². The normalized spacial score (nSPS) is 10.3. The molecule has 1 amide bonds. The van der Waals surface area contributed by atoms with Crippen molar-refractivity contribution < 1.29 is 4.79 Å². The largest absolute Gasteiger partial charge is 0.320 e. The van der Waals surface area contributed by atoms with Crippen molar-refractivity contribution in [3.05, 3.63) is 57.3 Å². The summed E-state index contributed by atoms with van der Waals surface area (Å²) in [5.74, 6) is -0.174. The summed E-state index contributed by atoms with van der Waals surface area (Å²) in [6.45, 7) is 5.82. The average molecular weight is 319 g/mol. The molecule has 0 fully saturated rings. The predicted octanol–water partition coefficient (Wildman–Crippen LogP) is 4.02. The SMILES string of the molecule is Cc1cccnc1C(=O)Nc1c(C)cc(Br)cc1C. The molecule has 0 bridgehead atoms. The van der Waals surface area contributed by atoms with Gasteiger partial charge >= 0.3 is 0 Å². The molecule has 0 spiro atoms. The van der Waals surface area contributed by atoms with Gasteiger partial charge in [0, 0.05) is 16.4 Å². The number of hydrogen-bond donors (Lipinski definition) is 1. The molecule has 4 heteroatoms. The number of benzene rings is 1. The Morgan fingerprint density at radius 3 is 2.37 bits per heavy atom. The fourth-order valence-electron chi connectivity index (χ4n) is 2.00. The van der Waals surface area contributed by atoms with Gasteiger partial charge in [-0.15, -0.1) is 0 Å². The van der Waals surface area contributed by atoms with Crippen LogP contribution in [0.5, 0.6) is 0 Å². The number of anilines is 1. The van der Waals surface area contributed by atoms with E-state index in [2.05, 4.69) is 26.2 Å². The van der Waals surface area contributed by atoms with Crippen molar-refractivity contribution >= 4 is 27.5 Å². The second kappa shape index (κ2) is 5.53. The molecule has 0 atom stereocenters. The van der Waals surface area contributed by atoms with Crippen LogP contribution in [0.4, 0.5) is 5.69 Å². The highest BCUT2D eigenvalue weighted by atomic mass is 79.9. The number of hydrogen-bond acceptors (Lipinski definition) is 2. The first-order valence-electron chi connectivity index (χ1n) is 5.98. The molecule has 0 unspecified atom stereocenters. The molecule has 2 aromatic rings. The van der Waals surface area contributed by atoms with Crippen LogP contribution in [0.15, 0.2) is 34.9 Å². The van der Waals surface area contributed by atoms with Crippen LogP contribution in [0.2, 0.25) is 0 Å². The molecular formula is C15H15BrN2O. The smallest absolute Gasteiger partial charge is 0.274 e. The maximum absolute atomic E-state index is 12.2. The number of nitrogens with zero attached hydrogens (tertiary/aromatic N) is 1. The van der Waals surface area contributed by atoms with Crippen LogP contribution in [0, 0.1) is 20.8 Å². The number of rotatable bonds is 2. The first kappa shape index (κ1) is 13.7. The lowest BCUT2D eigenvalue weighted by molar-refractivity contribution is 0.102. The topological polar surface area (TPSA) is 42.0 Å². The van der Waals surface area contributed by atoms with Crippen LogP contribution in [0.3, 0.4) is 0 Å². The number of nitrogens with one attached hydrogen (secondary N) is 1. The molecule has 2 rings (SSSR count). The zero-order chi connectivity index (χ0) is 14.0. The van der Waals surface area contributed by atoms with Crippen molar-refractivity contribution in [2.75, 3.05) is 5.32 Å². The van der Waals surface area contributed by atoms with Gasteiger partial charge in [0.2, 0.25) is 0 Å². The number of aromatic nitrogens is 1. The Balaban J connectivity index is 2.32. The Kier molecular flexibility index (Phi) is 4.00. The zero-order valence-electron chi connectivity index (χ0n) is 11.1. The van der Waals surface area contributed by atoms with Crippen LogP contribution >= 0.6 is 15.9 Å². The fourth-order valence-corrected chi connectivity index (χ4v) is 2.69. The summed E-state index contributed by atoms with van der Waals surface area (Å²) in [4.78, 5) is 16.4. The number of pyridine rings is 1. The second-order valence-corrected chi connectivity index (χ2v) is 5.45. The van der Waals surface area contributed by atoms with Crippen LogP contribution in [0.25, 0.3) is 0 Å². The maximum atomic E-state index is 12.2. The molecule has 1 N–H and O–H groups in total. The molecule has 19 heavy (non-hydrogen) atoms. The highest BCUT2D eigenvalue weighted by molar-refractivity contribution is 9.10. The molecule has 0 saturated heterocycles. The Labute approximate surface area is 121 Å². The van der Waals surface area contributed by atoms with Crippen molar-refractivity contribution in [3.63, 3.8) is 0 Å². The maximum Gasteiger partial charge on any atom is 0.274 e. The van der Waals surface area contributed by atoms with Crippen LogP contribution in [-0.2, 0) is 0 Å². The van der Waals surface area contributed by atoms with E-state index in [4.69, 9.17) is 0 Å². The molecule has 0 saturated carbocycles. The van der Waals surface area contributed by atoms with Gasteiger partial charge in [0.25, 0.3) is 5.91 Å². The molecule has 1 aromatic carbocycles. The first-order chi connectivity index (χ1) is 8.99. The third-order valence-corrected chi connectivity index (χ3v) is 3.42. The fraction of sp³-hybridized carbons (Fsp3) is 0.200. The summed E-state index contributed by atoms with van der Waals surface area (Å²) in [7, 11) is 0. The summed E-state index contributed by atoms with van der Waals surface area (Å²) in [5, 5.41) is 2.94. The van der Waals surface area contributed by atoms with Gasteiger partial charge in [0.05, 0.1) is 0 Å². The summed E-state index contributed by atoms with van der Waals surface area (Å²) in [5.41, 5.74) is 4.22. The number of amides is 1. The number of carbonyl (C=O) groups is 1.